The van der Waals surface area contributed by atoms with Crippen LogP contribution in [0.15, 0.2) is 22.7 Å². The molecule has 36 heavy (non-hydrogen) atoms. The molecule has 1 unspecified atom stereocenters. The lowest BCUT2D eigenvalue weighted by atomic mass is 10.0. The summed E-state index contributed by atoms with van der Waals surface area (Å²) < 4.78 is 20.7. The first-order valence-electron chi connectivity index (χ1n) is 12.0. The predicted molar refractivity (Wildman–Crippen MR) is 130 cm³/mol. The fraction of sp³-hybridized carbons (Fsp3) is 0.423. The molecule has 0 aliphatic carbocycles. The molecule has 3 heterocycles. The number of anilines is 1. The Kier molecular flexibility index (Phi) is 7.05. The normalized spacial score (nSPS) is 13.9. The molecule has 2 N–H and O–H groups in total. The fourth-order valence-corrected chi connectivity index (χ4v) is 4.65. The van der Waals surface area contributed by atoms with Crippen LogP contribution in [0.5, 0.6) is 0 Å². The van der Waals surface area contributed by atoms with E-state index in [9.17, 15) is 18.8 Å². The van der Waals surface area contributed by atoms with E-state index in [-0.39, 0.29) is 23.3 Å². The number of hydrogen-bond donors (Lipinski definition) is 2. The van der Waals surface area contributed by atoms with Gasteiger partial charge in [0.2, 0.25) is 5.89 Å². The molecule has 0 spiro atoms. The smallest absolute Gasteiger partial charge is 0.294 e. The van der Waals surface area contributed by atoms with Crippen LogP contribution in [0.1, 0.15) is 82.1 Å². The predicted octanol–water partition coefficient (Wildman–Crippen LogP) is 4.22. The number of carbonyl (C=O) groups is 3. The summed E-state index contributed by atoms with van der Waals surface area (Å²) >= 11 is 0. The third-order valence-electron chi connectivity index (χ3n) is 6.49. The van der Waals surface area contributed by atoms with E-state index >= 15 is 0 Å². The van der Waals surface area contributed by atoms with Crippen LogP contribution in [0.4, 0.5) is 10.1 Å². The minimum Gasteiger partial charge on any atom is -0.341 e. The zero-order chi connectivity index (χ0) is 26.1. The van der Waals surface area contributed by atoms with Crippen molar-refractivity contribution in [1.29, 1.82) is 0 Å². The van der Waals surface area contributed by atoms with Crippen molar-refractivity contribution >= 4 is 23.3 Å². The number of hydrogen-bond acceptors (Lipinski definition) is 6. The molecule has 4 rings (SSSR count). The number of carbonyl (C=O) groups excluding carboxylic acids is 3. The lowest BCUT2D eigenvalue weighted by Crippen LogP contribution is -2.38. The number of benzene rings is 1. The molecule has 1 atom stereocenters. The van der Waals surface area contributed by atoms with E-state index < -0.39 is 23.6 Å². The first kappa shape index (κ1) is 25.3. The second-order valence-corrected chi connectivity index (χ2v) is 9.53. The number of Topliss-reactive ketones (excluding diaryl/α,β-unsaturated/α-hetero) is 1. The van der Waals surface area contributed by atoms with Gasteiger partial charge in [0.1, 0.15) is 11.9 Å². The Hall–Kier alpha value is -3.82. The van der Waals surface area contributed by atoms with E-state index in [1.165, 1.54) is 12.1 Å². The first-order chi connectivity index (χ1) is 17.1. The number of rotatable bonds is 7. The highest BCUT2D eigenvalue weighted by Crippen LogP contribution is 2.30. The summed E-state index contributed by atoms with van der Waals surface area (Å²) in [5.41, 5.74) is 2.60. The molecule has 0 radical (unpaired) electrons. The van der Waals surface area contributed by atoms with E-state index in [0.717, 1.165) is 18.5 Å². The number of nitrogens with one attached hydrogen (secondary N) is 2. The van der Waals surface area contributed by atoms with Gasteiger partial charge in [-0.15, -0.1) is 0 Å². The SMILES string of the molecule is Cc1noc(C(NC(=O)C(=O)c2c(C)c(C(=O)Nc3ccc(F)c(C)c3)c3n2CCCC3)C(C)C)n1. The summed E-state index contributed by atoms with van der Waals surface area (Å²) in [4.78, 5) is 44.1. The van der Waals surface area contributed by atoms with Crippen molar-refractivity contribution in [2.24, 2.45) is 5.92 Å². The Labute approximate surface area is 208 Å². The van der Waals surface area contributed by atoms with Gasteiger partial charge in [0.15, 0.2) is 5.82 Å². The molecule has 0 saturated heterocycles. The van der Waals surface area contributed by atoms with E-state index in [1.807, 2.05) is 13.8 Å². The number of aryl methyl sites for hydroxylation is 2. The van der Waals surface area contributed by atoms with E-state index in [1.54, 1.807) is 31.4 Å². The largest absolute Gasteiger partial charge is 0.341 e. The van der Waals surface area contributed by atoms with Gasteiger partial charge in [-0.3, -0.25) is 14.4 Å². The average Bonchev–Trinajstić information content (AvgIpc) is 3.38. The van der Waals surface area contributed by atoms with Gasteiger partial charge in [0.25, 0.3) is 17.6 Å². The Balaban J connectivity index is 1.65. The van der Waals surface area contributed by atoms with Crippen molar-refractivity contribution in [1.82, 2.24) is 20.0 Å². The Morgan fingerprint density at radius 1 is 1.14 bits per heavy atom. The number of fused-ring (bicyclic) bond motifs is 1. The van der Waals surface area contributed by atoms with Crippen molar-refractivity contribution in [3.05, 3.63) is 63.8 Å². The van der Waals surface area contributed by atoms with Gasteiger partial charge >= 0.3 is 0 Å². The van der Waals surface area contributed by atoms with Crippen LogP contribution in [0.25, 0.3) is 0 Å². The first-order valence-corrected chi connectivity index (χ1v) is 12.0. The van der Waals surface area contributed by atoms with Crippen molar-refractivity contribution in [3.8, 4) is 0 Å². The number of nitrogens with zero attached hydrogens (tertiary/aromatic N) is 3. The van der Waals surface area contributed by atoms with Gasteiger partial charge in [0, 0.05) is 17.9 Å². The maximum absolute atomic E-state index is 13.7. The maximum atomic E-state index is 13.7. The second-order valence-electron chi connectivity index (χ2n) is 9.53. The quantitative estimate of drug-likeness (QED) is 0.374. The molecule has 9 nitrogen and oxygen atoms in total. The monoisotopic (exact) mass is 495 g/mol. The molecular weight excluding hydrogens is 465 g/mol. The van der Waals surface area contributed by atoms with Crippen LogP contribution in [0.3, 0.4) is 0 Å². The zero-order valence-electron chi connectivity index (χ0n) is 21.1. The van der Waals surface area contributed by atoms with E-state index in [0.29, 0.717) is 41.2 Å². The lowest BCUT2D eigenvalue weighted by molar-refractivity contribution is -0.118. The minimum absolute atomic E-state index is 0.107. The molecule has 190 valence electrons. The summed E-state index contributed by atoms with van der Waals surface area (Å²) in [6.45, 7) is 9.25. The van der Waals surface area contributed by atoms with Gasteiger partial charge in [0.05, 0.1) is 11.3 Å². The summed E-state index contributed by atoms with van der Waals surface area (Å²) in [5.74, 6) is -1.74. The number of ketones is 1. The molecule has 0 bridgehead atoms. The molecule has 0 saturated carbocycles. The van der Waals surface area contributed by atoms with Crippen LogP contribution in [0, 0.1) is 32.5 Å². The van der Waals surface area contributed by atoms with Gasteiger partial charge in [-0.05, 0) is 75.3 Å². The van der Waals surface area contributed by atoms with Gasteiger partial charge in [-0.25, -0.2) is 4.39 Å². The summed E-state index contributed by atoms with van der Waals surface area (Å²) in [6.07, 6.45) is 2.30. The van der Waals surface area contributed by atoms with Crippen molar-refractivity contribution in [2.45, 2.75) is 66.5 Å². The third-order valence-corrected chi connectivity index (χ3v) is 6.49. The summed E-state index contributed by atoms with van der Waals surface area (Å²) in [6, 6.07) is 3.70. The van der Waals surface area contributed by atoms with Gasteiger partial charge < -0.3 is 19.7 Å². The maximum Gasteiger partial charge on any atom is 0.294 e. The fourth-order valence-electron chi connectivity index (χ4n) is 4.65. The standard InChI is InChI=1S/C26H30FN5O4/c1-13(2)21(26-28-16(5)31-36-26)30-25(35)23(33)22-15(4)20(19-8-6-7-11-32(19)22)24(34)29-17-9-10-18(27)14(3)12-17/h9-10,12-13,21H,6-8,11H2,1-5H3,(H,29,34)(H,30,35). The van der Waals surface area contributed by atoms with E-state index in [2.05, 4.69) is 20.8 Å². The van der Waals surface area contributed by atoms with Crippen molar-refractivity contribution in [2.75, 3.05) is 5.32 Å². The van der Waals surface area contributed by atoms with E-state index in [4.69, 9.17) is 4.52 Å². The Morgan fingerprint density at radius 3 is 2.53 bits per heavy atom. The van der Waals surface area contributed by atoms with Gasteiger partial charge in [-0.2, -0.15) is 4.98 Å². The molecule has 3 aromatic rings. The summed E-state index contributed by atoms with van der Waals surface area (Å²) in [5, 5.41) is 9.32. The van der Waals surface area contributed by atoms with Crippen LogP contribution in [0.2, 0.25) is 0 Å². The zero-order valence-corrected chi connectivity index (χ0v) is 21.1. The van der Waals surface area contributed by atoms with Crippen molar-refractivity contribution in [3.63, 3.8) is 0 Å². The molecule has 1 aliphatic heterocycles. The molecule has 0 fully saturated rings. The minimum atomic E-state index is -0.806. The Morgan fingerprint density at radius 2 is 1.89 bits per heavy atom. The molecule has 1 aliphatic rings. The number of aromatic nitrogens is 3. The molecule has 10 heteroatoms. The third kappa shape index (κ3) is 4.80. The summed E-state index contributed by atoms with van der Waals surface area (Å²) in [7, 11) is 0. The van der Waals surface area contributed by atoms with Crippen LogP contribution < -0.4 is 10.6 Å². The van der Waals surface area contributed by atoms with Gasteiger partial charge in [-0.1, -0.05) is 19.0 Å². The van der Waals surface area contributed by atoms with Crippen LogP contribution in [-0.4, -0.2) is 32.3 Å². The number of amides is 2. The Bertz CT molecular complexity index is 1340. The van der Waals surface area contributed by atoms with Crippen molar-refractivity contribution < 1.29 is 23.3 Å². The van der Waals surface area contributed by atoms with Crippen LogP contribution in [-0.2, 0) is 17.8 Å². The highest BCUT2D eigenvalue weighted by atomic mass is 19.1. The average molecular weight is 496 g/mol. The highest BCUT2D eigenvalue weighted by Gasteiger charge is 2.34. The van der Waals surface area contributed by atoms with Crippen LogP contribution >= 0.6 is 0 Å². The molecule has 2 aromatic heterocycles. The highest BCUT2D eigenvalue weighted by molar-refractivity contribution is 6.43. The lowest BCUT2D eigenvalue weighted by Gasteiger charge is -2.20. The molecule has 2 amide bonds. The molecule has 1 aromatic carbocycles. The second kappa shape index (κ2) is 10.0. The molecular formula is C26H30FN5O4. The topological polar surface area (TPSA) is 119 Å². The number of halogens is 1.